The number of H-pyrrole nitrogens is 1. The van der Waals surface area contributed by atoms with Crippen LogP contribution in [0, 0.1) is 13.8 Å². The fraction of sp³-hybridized carbons (Fsp3) is 0.600. The Hall–Kier alpha value is -1.36. The highest BCUT2D eigenvalue weighted by molar-refractivity contribution is 5.93. The second-order valence-electron chi connectivity index (χ2n) is 3.43. The first-order chi connectivity index (χ1) is 7.16. The Morgan fingerprint density at radius 1 is 1.40 bits per heavy atom. The molecule has 5 heteroatoms. The number of nitrogens with zero attached hydrogens (tertiary/aromatic N) is 1. The zero-order valence-corrected chi connectivity index (χ0v) is 9.48. The van der Waals surface area contributed by atoms with E-state index in [9.17, 15) is 4.79 Å². The Labute approximate surface area is 89.6 Å². The molecule has 15 heavy (non-hydrogen) atoms. The van der Waals surface area contributed by atoms with Gasteiger partial charge in [0.15, 0.2) is 5.69 Å². The summed E-state index contributed by atoms with van der Waals surface area (Å²) in [6.45, 7) is 8.14. The lowest BCUT2D eigenvalue weighted by Crippen LogP contribution is -2.32. The molecule has 84 valence electrons. The molecule has 0 spiro atoms. The number of likely N-dealkylation sites (N-methyl/N-ethyl adjacent to an activating group) is 1. The highest BCUT2D eigenvalue weighted by atomic mass is 16.1. The van der Waals surface area contributed by atoms with Gasteiger partial charge in [-0.25, -0.2) is 0 Å². The number of aromatic amines is 1. The molecule has 0 fully saturated rings. The molecule has 3 N–H and O–H groups in total. The normalized spacial score (nSPS) is 10.3. The quantitative estimate of drug-likeness (QED) is 0.615. The average Bonchev–Trinajstić information content (AvgIpc) is 2.55. The molecule has 0 aromatic carbocycles. The van der Waals surface area contributed by atoms with Crippen LogP contribution in [0.15, 0.2) is 0 Å². The van der Waals surface area contributed by atoms with Crippen LogP contribution in [-0.4, -0.2) is 35.7 Å². The van der Waals surface area contributed by atoms with E-state index in [1.165, 1.54) is 0 Å². The number of carbonyl (C=O) groups excluding carboxylic acids is 1. The second kappa shape index (κ2) is 5.50. The largest absolute Gasteiger partial charge is 0.349 e. The number of nitrogens with one attached hydrogen (secondary N) is 3. The van der Waals surface area contributed by atoms with Crippen LogP contribution in [0.3, 0.4) is 0 Å². The Bertz CT molecular complexity index is 332. The van der Waals surface area contributed by atoms with Gasteiger partial charge in [-0.2, -0.15) is 5.10 Å². The molecule has 0 bridgehead atoms. The Morgan fingerprint density at radius 2 is 2.13 bits per heavy atom. The van der Waals surface area contributed by atoms with Gasteiger partial charge in [0.05, 0.1) is 0 Å². The van der Waals surface area contributed by atoms with E-state index in [-0.39, 0.29) is 5.91 Å². The van der Waals surface area contributed by atoms with Crippen molar-refractivity contribution in [1.29, 1.82) is 0 Å². The smallest absolute Gasteiger partial charge is 0.272 e. The van der Waals surface area contributed by atoms with Crippen LogP contribution in [0.4, 0.5) is 0 Å². The van der Waals surface area contributed by atoms with Crippen molar-refractivity contribution in [3.05, 3.63) is 17.0 Å². The molecule has 0 radical (unpaired) electrons. The van der Waals surface area contributed by atoms with E-state index in [1.807, 2.05) is 20.8 Å². The average molecular weight is 210 g/mol. The number of hydrogen-bond donors (Lipinski definition) is 3. The number of carbonyl (C=O) groups is 1. The van der Waals surface area contributed by atoms with Crippen LogP contribution in [0.5, 0.6) is 0 Å². The predicted molar refractivity (Wildman–Crippen MR) is 58.9 cm³/mol. The van der Waals surface area contributed by atoms with Crippen molar-refractivity contribution in [3.8, 4) is 0 Å². The third kappa shape index (κ3) is 3.06. The van der Waals surface area contributed by atoms with E-state index < -0.39 is 0 Å². The van der Waals surface area contributed by atoms with Crippen LogP contribution in [0.1, 0.15) is 28.7 Å². The lowest BCUT2D eigenvalue weighted by Gasteiger charge is -2.03. The SMILES string of the molecule is CCNCCNC(=O)c1n[nH]c(C)c1C. The van der Waals surface area contributed by atoms with Crippen LogP contribution in [0.25, 0.3) is 0 Å². The van der Waals surface area contributed by atoms with Gasteiger partial charge in [0.2, 0.25) is 0 Å². The zero-order chi connectivity index (χ0) is 11.3. The van der Waals surface area contributed by atoms with Gasteiger partial charge in [-0.15, -0.1) is 0 Å². The standard InChI is InChI=1S/C10H18N4O/c1-4-11-5-6-12-10(15)9-7(2)8(3)13-14-9/h11H,4-6H2,1-3H3,(H,12,15)(H,13,14). The number of hydrogen-bond acceptors (Lipinski definition) is 3. The minimum atomic E-state index is -0.116. The summed E-state index contributed by atoms with van der Waals surface area (Å²) in [5.41, 5.74) is 2.34. The third-order valence-electron chi connectivity index (χ3n) is 2.31. The fourth-order valence-corrected chi connectivity index (χ4v) is 1.23. The first kappa shape index (κ1) is 11.7. The fourth-order valence-electron chi connectivity index (χ4n) is 1.23. The minimum absolute atomic E-state index is 0.116. The summed E-state index contributed by atoms with van der Waals surface area (Å²) in [5.74, 6) is -0.116. The molecule has 1 aromatic rings. The van der Waals surface area contributed by atoms with Crippen LogP contribution in [-0.2, 0) is 0 Å². The first-order valence-corrected chi connectivity index (χ1v) is 5.17. The number of rotatable bonds is 5. The summed E-state index contributed by atoms with van der Waals surface area (Å²) in [6.07, 6.45) is 0. The van der Waals surface area contributed by atoms with Crippen molar-refractivity contribution >= 4 is 5.91 Å². The molecule has 0 aliphatic heterocycles. The lowest BCUT2D eigenvalue weighted by molar-refractivity contribution is 0.0948. The molecule has 1 heterocycles. The molecule has 5 nitrogen and oxygen atoms in total. The first-order valence-electron chi connectivity index (χ1n) is 5.17. The van der Waals surface area contributed by atoms with E-state index in [4.69, 9.17) is 0 Å². The molecule has 0 saturated heterocycles. The summed E-state index contributed by atoms with van der Waals surface area (Å²) in [6, 6.07) is 0. The summed E-state index contributed by atoms with van der Waals surface area (Å²) in [4.78, 5) is 11.6. The Balaban J connectivity index is 2.44. The third-order valence-corrected chi connectivity index (χ3v) is 2.31. The van der Waals surface area contributed by atoms with Crippen molar-refractivity contribution in [1.82, 2.24) is 20.8 Å². The van der Waals surface area contributed by atoms with Gasteiger partial charge in [0.25, 0.3) is 5.91 Å². The van der Waals surface area contributed by atoms with E-state index in [1.54, 1.807) is 0 Å². The van der Waals surface area contributed by atoms with Crippen molar-refractivity contribution in [2.75, 3.05) is 19.6 Å². The van der Waals surface area contributed by atoms with E-state index in [0.29, 0.717) is 12.2 Å². The van der Waals surface area contributed by atoms with Gasteiger partial charge in [0, 0.05) is 24.3 Å². The van der Waals surface area contributed by atoms with Crippen molar-refractivity contribution in [2.24, 2.45) is 0 Å². The van der Waals surface area contributed by atoms with Crippen LogP contribution < -0.4 is 10.6 Å². The molecule has 0 aliphatic rings. The van der Waals surface area contributed by atoms with Gasteiger partial charge in [-0.05, 0) is 20.4 Å². The molecule has 0 unspecified atom stereocenters. The topological polar surface area (TPSA) is 69.8 Å². The van der Waals surface area contributed by atoms with Crippen molar-refractivity contribution in [3.63, 3.8) is 0 Å². The van der Waals surface area contributed by atoms with E-state index in [2.05, 4.69) is 20.8 Å². The summed E-state index contributed by atoms with van der Waals surface area (Å²) < 4.78 is 0. The number of amides is 1. The lowest BCUT2D eigenvalue weighted by atomic mass is 10.2. The van der Waals surface area contributed by atoms with Crippen molar-refractivity contribution < 1.29 is 4.79 Å². The summed E-state index contributed by atoms with van der Waals surface area (Å²) >= 11 is 0. The predicted octanol–water partition coefficient (Wildman–Crippen LogP) is 0.366. The maximum absolute atomic E-state index is 11.6. The van der Waals surface area contributed by atoms with Gasteiger partial charge in [-0.1, -0.05) is 6.92 Å². The van der Waals surface area contributed by atoms with E-state index in [0.717, 1.165) is 24.3 Å². The van der Waals surface area contributed by atoms with Gasteiger partial charge in [-0.3, -0.25) is 9.89 Å². The molecule has 0 saturated carbocycles. The zero-order valence-electron chi connectivity index (χ0n) is 9.48. The molecule has 1 aromatic heterocycles. The molecule has 0 atom stereocenters. The minimum Gasteiger partial charge on any atom is -0.349 e. The summed E-state index contributed by atoms with van der Waals surface area (Å²) in [7, 11) is 0. The monoisotopic (exact) mass is 210 g/mol. The molecular weight excluding hydrogens is 192 g/mol. The molecular formula is C10H18N4O. The van der Waals surface area contributed by atoms with Crippen molar-refractivity contribution in [2.45, 2.75) is 20.8 Å². The Morgan fingerprint density at radius 3 is 2.67 bits per heavy atom. The maximum Gasteiger partial charge on any atom is 0.272 e. The Kier molecular flexibility index (Phi) is 4.30. The van der Waals surface area contributed by atoms with Gasteiger partial charge < -0.3 is 10.6 Å². The van der Waals surface area contributed by atoms with Gasteiger partial charge in [0.1, 0.15) is 0 Å². The summed E-state index contributed by atoms with van der Waals surface area (Å²) in [5, 5.41) is 12.7. The molecule has 1 amide bonds. The maximum atomic E-state index is 11.6. The highest BCUT2D eigenvalue weighted by Gasteiger charge is 2.13. The van der Waals surface area contributed by atoms with Crippen LogP contribution in [0.2, 0.25) is 0 Å². The van der Waals surface area contributed by atoms with Gasteiger partial charge >= 0.3 is 0 Å². The molecule has 0 aliphatic carbocycles. The highest BCUT2D eigenvalue weighted by Crippen LogP contribution is 2.07. The number of aryl methyl sites for hydroxylation is 1. The van der Waals surface area contributed by atoms with E-state index >= 15 is 0 Å². The molecule has 1 rings (SSSR count). The second-order valence-corrected chi connectivity index (χ2v) is 3.43. The van der Waals surface area contributed by atoms with Crippen LogP contribution >= 0.6 is 0 Å². The number of aromatic nitrogens is 2.